The molecule has 12 heteroatoms. The summed E-state index contributed by atoms with van der Waals surface area (Å²) in [5.74, 6) is 0.230. The van der Waals surface area contributed by atoms with Crippen LogP contribution < -0.4 is 5.32 Å². The van der Waals surface area contributed by atoms with E-state index >= 15 is 0 Å². The molecule has 0 radical (unpaired) electrons. The van der Waals surface area contributed by atoms with E-state index in [2.05, 4.69) is 15.3 Å². The molecule has 1 amide bonds. The number of nitrogens with zero attached hydrogens (tertiary/aromatic N) is 5. The maximum atomic E-state index is 12.8. The highest BCUT2D eigenvalue weighted by atomic mass is 32.2. The molecule has 0 bridgehead atoms. The second kappa shape index (κ2) is 10.0. The van der Waals surface area contributed by atoms with Gasteiger partial charge in [-0.15, -0.1) is 0 Å². The van der Waals surface area contributed by atoms with Gasteiger partial charge in [0, 0.05) is 38.7 Å². The summed E-state index contributed by atoms with van der Waals surface area (Å²) in [6.07, 6.45) is 2.78. The zero-order valence-corrected chi connectivity index (χ0v) is 19.5. The van der Waals surface area contributed by atoms with Gasteiger partial charge in [0.25, 0.3) is 0 Å². The molecule has 1 N–H and O–H groups in total. The molecule has 0 aliphatic rings. The molecule has 1 aromatic carbocycles. The number of carbonyl (C=O) groups excluding carboxylic acids is 1. The molecule has 2 heterocycles. The lowest BCUT2D eigenvalue weighted by Crippen LogP contribution is -2.30. The van der Waals surface area contributed by atoms with Crippen molar-refractivity contribution in [2.75, 3.05) is 18.4 Å². The summed E-state index contributed by atoms with van der Waals surface area (Å²) in [4.78, 5) is 31.4. The molecule has 3 rings (SSSR count). The number of imidazole rings is 1. The van der Waals surface area contributed by atoms with E-state index in [1.165, 1.54) is 16.6 Å². The van der Waals surface area contributed by atoms with Crippen LogP contribution in [0.3, 0.4) is 0 Å². The van der Waals surface area contributed by atoms with Crippen LogP contribution in [0.1, 0.15) is 33.0 Å². The first-order valence-corrected chi connectivity index (χ1v) is 12.0. The summed E-state index contributed by atoms with van der Waals surface area (Å²) < 4.78 is 29.0. The molecular formula is C21H26N6O5S. The summed E-state index contributed by atoms with van der Waals surface area (Å²) in [7, 11) is -3.61. The molecule has 0 aliphatic carbocycles. The summed E-state index contributed by atoms with van der Waals surface area (Å²) in [5.41, 5.74) is 1.10. The Labute approximate surface area is 191 Å². The molecule has 0 saturated heterocycles. The number of pyridine rings is 1. The second-order valence-corrected chi connectivity index (χ2v) is 9.15. The number of nitrogens with one attached hydrogen (secondary N) is 1. The van der Waals surface area contributed by atoms with Gasteiger partial charge < -0.3 is 9.88 Å². The Bertz CT molecular complexity index is 1280. The van der Waals surface area contributed by atoms with Crippen LogP contribution in [0.4, 0.5) is 11.4 Å². The fourth-order valence-corrected chi connectivity index (χ4v) is 5.13. The summed E-state index contributed by atoms with van der Waals surface area (Å²) >= 11 is 0. The Morgan fingerprint density at radius 3 is 2.58 bits per heavy atom. The number of hydrogen-bond donors (Lipinski definition) is 1. The number of carbonyl (C=O) groups is 1. The average Bonchev–Trinajstić information content (AvgIpc) is 3.15. The molecule has 0 spiro atoms. The standard InChI is InChI=1S/C21H26N6O5S/c1-4-25(5-2)33(31,32)15-7-8-18-17(13-15)23-20(26(18)6-3)9-10-21(28)24-16-11-12-22-14-19(16)27(29)30/h7-8,11-14H,4-6,9-10H2,1-3H3,(H,22,24,28). The van der Waals surface area contributed by atoms with Crippen LogP contribution in [0.5, 0.6) is 0 Å². The monoisotopic (exact) mass is 474 g/mol. The van der Waals surface area contributed by atoms with Crippen LogP contribution in [0.25, 0.3) is 11.0 Å². The van der Waals surface area contributed by atoms with E-state index in [9.17, 15) is 23.3 Å². The lowest BCUT2D eigenvalue weighted by molar-refractivity contribution is -0.384. The Hall–Kier alpha value is -3.38. The van der Waals surface area contributed by atoms with E-state index in [0.717, 1.165) is 11.7 Å². The van der Waals surface area contributed by atoms with Crippen LogP contribution in [-0.4, -0.2) is 51.2 Å². The van der Waals surface area contributed by atoms with Crippen molar-refractivity contribution >= 4 is 38.3 Å². The zero-order chi connectivity index (χ0) is 24.2. The van der Waals surface area contributed by atoms with Crippen molar-refractivity contribution in [3.05, 3.63) is 52.6 Å². The van der Waals surface area contributed by atoms with Crippen molar-refractivity contribution < 1.29 is 18.1 Å². The van der Waals surface area contributed by atoms with E-state index in [4.69, 9.17) is 0 Å². The molecule has 0 saturated carbocycles. The van der Waals surface area contributed by atoms with E-state index in [1.807, 2.05) is 11.5 Å². The van der Waals surface area contributed by atoms with Crippen molar-refractivity contribution in [3.63, 3.8) is 0 Å². The molecule has 0 fully saturated rings. The second-order valence-electron chi connectivity index (χ2n) is 7.21. The lowest BCUT2D eigenvalue weighted by atomic mass is 10.2. The van der Waals surface area contributed by atoms with Gasteiger partial charge in [-0.3, -0.25) is 19.9 Å². The predicted octanol–water partition coefficient (Wildman–Crippen LogP) is 2.96. The van der Waals surface area contributed by atoms with Crippen molar-refractivity contribution in [2.45, 2.75) is 45.1 Å². The summed E-state index contributed by atoms with van der Waals surface area (Å²) in [6, 6.07) is 6.23. The minimum absolute atomic E-state index is 0.0490. The fourth-order valence-electron chi connectivity index (χ4n) is 3.65. The van der Waals surface area contributed by atoms with Gasteiger partial charge in [0.15, 0.2) is 0 Å². The van der Waals surface area contributed by atoms with Crippen LogP contribution in [0, 0.1) is 10.1 Å². The van der Waals surface area contributed by atoms with Crippen LogP contribution in [0.2, 0.25) is 0 Å². The van der Waals surface area contributed by atoms with Crippen molar-refractivity contribution in [3.8, 4) is 0 Å². The Kier molecular flexibility index (Phi) is 7.39. The van der Waals surface area contributed by atoms with Crippen molar-refractivity contribution in [1.29, 1.82) is 0 Å². The lowest BCUT2D eigenvalue weighted by Gasteiger charge is -2.18. The third-order valence-corrected chi connectivity index (χ3v) is 7.35. The minimum atomic E-state index is -3.61. The fraction of sp³-hybridized carbons (Fsp3) is 0.381. The number of amides is 1. The predicted molar refractivity (Wildman–Crippen MR) is 123 cm³/mol. The third-order valence-electron chi connectivity index (χ3n) is 5.30. The van der Waals surface area contributed by atoms with Crippen molar-refractivity contribution in [2.24, 2.45) is 0 Å². The summed E-state index contributed by atoms with van der Waals surface area (Å²) in [5, 5.41) is 13.6. The number of aromatic nitrogens is 3. The van der Waals surface area contributed by atoms with Crippen LogP contribution in [0.15, 0.2) is 41.6 Å². The average molecular weight is 475 g/mol. The highest BCUT2D eigenvalue weighted by molar-refractivity contribution is 7.89. The molecular weight excluding hydrogens is 448 g/mol. The number of hydrogen-bond acceptors (Lipinski definition) is 7. The number of nitro groups is 1. The number of aryl methyl sites for hydroxylation is 2. The Morgan fingerprint density at radius 2 is 1.94 bits per heavy atom. The smallest absolute Gasteiger partial charge is 0.310 e. The topological polar surface area (TPSA) is 140 Å². The van der Waals surface area contributed by atoms with Gasteiger partial charge in [-0.2, -0.15) is 4.31 Å². The van der Waals surface area contributed by atoms with Gasteiger partial charge >= 0.3 is 5.69 Å². The quantitative estimate of drug-likeness (QED) is 0.352. The first kappa shape index (κ1) is 24.3. The van der Waals surface area contributed by atoms with Gasteiger partial charge in [0.2, 0.25) is 15.9 Å². The molecule has 0 unspecified atom stereocenters. The first-order chi connectivity index (χ1) is 15.7. The summed E-state index contributed by atoms with van der Waals surface area (Å²) in [6.45, 7) is 6.84. The molecule has 0 atom stereocenters. The minimum Gasteiger partial charge on any atom is -0.328 e. The number of anilines is 1. The Balaban J connectivity index is 1.82. The maximum Gasteiger partial charge on any atom is 0.310 e. The third kappa shape index (κ3) is 5.01. The maximum absolute atomic E-state index is 12.8. The van der Waals surface area contributed by atoms with Gasteiger partial charge in [-0.25, -0.2) is 13.4 Å². The van der Waals surface area contributed by atoms with Crippen LogP contribution >= 0.6 is 0 Å². The van der Waals surface area contributed by atoms with E-state index in [1.54, 1.807) is 32.0 Å². The SMILES string of the molecule is CCN(CC)S(=O)(=O)c1ccc2c(c1)nc(CCC(=O)Nc1ccncc1[N+](=O)[O-])n2CC. The highest BCUT2D eigenvalue weighted by Gasteiger charge is 2.23. The van der Waals surface area contributed by atoms with Crippen LogP contribution in [-0.2, 0) is 27.8 Å². The number of fused-ring (bicyclic) bond motifs is 1. The first-order valence-electron chi connectivity index (χ1n) is 10.6. The molecule has 11 nitrogen and oxygen atoms in total. The van der Waals surface area contributed by atoms with E-state index in [0.29, 0.717) is 31.0 Å². The largest absolute Gasteiger partial charge is 0.328 e. The molecule has 176 valence electrons. The van der Waals surface area contributed by atoms with Gasteiger partial charge in [0.05, 0.1) is 20.9 Å². The van der Waals surface area contributed by atoms with Crippen molar-refractivity contribution in [1.82, 2.24) is 18.8 Å². The molecule has 3 aromatic rings. The normalized spacial score (nSPS) is 11.8. The van der Waals surface area contributed by atoms with E-state index in [-0.39, 0.29) is 29.1 Å². The number of benzene rings is 1. The van der Waals surface area contributed by atoms with Gasteiger partial charge in [-0.1, -0.05) is 13.8 Å². The Morgan fingerprint density at radius 1 is 1.21 bits per heavy atom. The molecule has 2 aromatic heterocycles. The highest BCUT2D eigenvalue weighted by Crippen LogP contribution is 2.25. The zero-order valence-electron chi connectivity index (χ0n) is 18.7. The van der Waals surface area contributed by atoms with Gasteiger partial charge in [-0.05, 0) is 31.2 Å². The molecule has 33 heavy (non-hydrogen) atoms. The van der Waals surface area contributed by atoms with E-state index < -0.39 is 20.9 Å². The number of rotatable bonds is 10. The number of sulfonamides is 1. The van der Waals surface area contributed by atoms with Gasteiger partial charge in [0.1, 0.15) is 17.7 Å². The molecule has 0 aliphatic heterocycles.